The molecule has 2 rings (SSSR count). The van der Waals surface area contributed by atoms with Gasteiger partial charge in [0, 0.05) is 17.7 Å². The number of carbonyl (C=O) groups is 1. The average molecular weight is 293 g/mol. The van der Waals surface area contributed by atoms with Gasteiger partial charge < -0.3 is 10.4 Å². The van der Waals surface area contributed by atoms with Crippen molar-refractivity contribution in [3.63, 3.8) is 0 Å². The van der Waals surface area contributed by atoms with Gasteiger partial charge in [0.15, 0.2) is 5.60 Å². The summed E-state index contributed by atoms with van der Waals surface area (Å²) < 4.78 is 0. The molecule has 1 amide bonds. The van der Waals surface area contributed by atoms with Crippen LogP contribution in [0.4, 0.5) is 0 Å². The molecule has 0 spiro atoms. The molecule has 1 heterocycles. The van der Waals surface area contributed by atoms with Crippen LogP contribution in [0.3, 0.4) is 0 Å². The summed E-state index contributed by atoms with van der Waals surface area (Å²) in [6.45, 7) is 6.80. The molecule has 1 saturated heterocycles. The van der Waals surface area contributed by atoms with E-state index >= 15 is 0 Å². The molecule has 1 aliphatic rings. The Morgan fingerprint density at radius 1 is 1.40 bits per heavy atom. The van der Waals surface area contributed by atoms with Crippen molar-refractivity contribution in [1.82, 2.24) is 5.32 Å². The van der Waals surface area contributed by atoms with Crippen molar-refractivity contribution < 1.29 is 9.90 Å². The van der Waals surface area contributed by atoms with Gasteiger partial charge in [-0.1, -0.05) is 43.7 Å². The summed E-state index contributed by atoms with van der Waals surface area (Å²) >= 11 is 1.63. The monoisotopic (exact) mass is 293 g/mol. The van der Waals surface area contributed by atoms with Gasteiger partial charge in [0.25, 0.3) is 5.91 Å². The lowest BCUT2D eigenvalue weighted by Gasteiger charge is -2.28. The summed E-state index contributed by atoms with van der Waals surface area (Å²) in [6.07, 6.45) is 0.550. The first-order valence-electron chi connectivity index (χ1n) is 6.99. The Balaban J connectivity index is 1.98. The van der Waals surface area contributed by atoms with Crippen molar-refractivity contribution >= 4 is 17.7 Å². The first-order chi connectivity index (χ1) is 9.33. The summed E-state index contributed by atoms with van der Waals surface area (Å²) in [5.41, 5.74) is 1.10. The van der Waals surface area contributed by atoms with Gasteiger partial charge in [-0.2, -0.15) is 11.8 Å². The number of hydrogen-bond donors (Lipinski definition) is 2. The predicted molar refractivity (Wildman–Crippen MR) is 84.1 cm³/mol. The highest BCUT2D eigenvalue weighted by Crippen LogP contribution is 2.28. The van der Waals surface area contributed by atoms with Gasteiger partial charge in [-0.3, -0.25) is 4.79 Å². The van der Waals surface area contributed by atoms with E-state index in [0.29, 0.717) is 18.7 Å². The molecule has 2 N–H and O–H groups in total. The third-order valence-electron chi connectivity index (χ3n) is 3.95. The molecule has 1 atom stereocenters. The quantitative estimate of drug-likeness (QED) is 0.895. The number of amides is 1. The summed E-state index contributed by atoms with van der Waals surface area (Å²) in [7, 11) is 0. The number of thioether (sulfide) groups is 1. The highest BCUT2D eigenvalue weighted by Gasteiger charge is 2.39. The molecule has 3 nitrogen and oxygen atoms in total. The molecule has 0 radical (unpaired) electrons. The fourth-order valence-electron chi connectivity index (χ4n) is 2.31. The van der Waals surface area contributed by atoms with E-state index in [1.54, 1.807) is 11.8 Å². The van der Waals surface area contributed by atoms with E-state index in [-0.39, 0.29) is 11.3 Å². The van der Waals surface area contributed by atoms with Crippen LogP contribution in [0.1, 0.15) is 31.4 Å². The first kappa shape index (κ1) is 15.4. The minimum absolute atomic E-state index is 0.147. The Hall–Kier alpha value is -1.00. The highest BCUT2D eigenvalue weighted by atomic mass is 32.2. The van der Waals surface area contributed by atoms with E-state index in [9.17, 15) is 9.90 Å². The van der Waals surface area contributed by atoms with E-state index in [1.807, 2.05) is 0 Å². The van der Waals surface area contributed by atoms with E-state index in [0.717, 1.165) is 5.75 Å². The van der Waals surface area contributed by atoms with Gasteiger partial charge in [-0.05, 0) is 24.7 Å². The Kier molecular flexibility index (Phi) is 4.45. The zero-order valence-corrected chi connectivity index (χ0v) is 13.2. The topological polar surface area (TPSA) is 49.3 Å². The largest absolute Gasteiger partial charge is 0.379 e. The van der Waals surface area contributed by atoms with Crippen LogP contribution in [0.15, 0.2) is 24.3 Å². The minimum Gasteiger partial charge on any atom is -0.379 e. The smallest absolute Gasteiger partial charge is 0.252 e. The molecule has 1 fully saturated rings. The SMILES string of the molecule is Cc1ccc(C(C)(C)CNC(=O)C2(O)CCSC2)cc1. The standard InChI is InChI=1S/C16H23NO2S/c1-12-4-6-13(7-5-12)15(2,3)10-17-14(18)16(19)8-9-20-11-16/h4-7,19H,8-11H2,1-3H3,(H,17,18). The van der Waals surface area contributed by atoms with Gasteiger partial charge in [0.1, 0.15) is 0 Å². The zero-order valence-electron chi connectivity index (χ0n) is 12.4. The number of aliphatic hydroxyl groups is 1. The number of carbonyl (C=O) groups excluding carboxylic acids is 1. The second-order valence-electron chi connectivity index (χ2n) is 6.27. The van der Waals surface area contributed by atoms with Crippen LogP contribution in [-0.2, 0) is 10.2 Å². The Morgan fingerprint density at radius 2 is 2.05 bits per heavy atom. The normalized spacial score (nSPS) is 22.8. The maximum atomic E-state index is 12.1. The highest BCUT2D eigenvalue weighted by molar-refractivity contribution is 7.99. The second-order valence-corrected chi connectivity index (χ2v) is 7.37. The van der Waals surface area contributed by atoms with Gasteiger partial charge in [-0.25, -0.2) is 0 Å². The third kappa shape index (κ3) is 3.36. The summed E-state index contributed by atoms with van der Waals surface area (Å²) in [4.78, 5) is 12.1. The fraction of sp³-hybridized carbons (Fsp3) is 0.562. The van der Waals surface area contributed by atoms with Crippen molar-refractivity contribution in [1.29, 1.82) is 0 Å². The maximum absolute atomic E-state index is 12.1. The molecule has 0 aliphatic carbocycles. The Morgan fingerprint density at radius 3 is 2.60 bits per heavy atom. The molecular formula is C16H23NO2S. The predicted octanol–water partition coefficient (Wildman–Crippen LogP) is 2.26. The van der Waals surface area contributed by atoms with Gasteiger partial charge >= 0.3 is 0 Å². The molecule has 4 heteroatoms. The molecule has 1 aliphatic heterocycles. The number of nitrogens with one attached hydrogen (secondary N) is 1. The third-order valence-corrected chi connectivity index (χ3v) is 5.12. The maximum Gasteiger partial charge on any atom is 0.252 e. The van der Waals surface area contributed by atoms with E-state index in [1.165, 1.54) is 11.1 Å². The molecular weight excluding hydrogens is 270 g/mol. The van der Waals surface area contributed by atoms with E-state index < -0.39 is 5.60 Å². The second kappa shape index (κ2) is 5.78. The van der Waals surface area contributed by atoms with Crippen LogP contribution < -0.4 is 5.32 Å². The van der Waals surface area contributed by atoms with Crippen molar-refractivity contribution in [3.05, 3.63) is 35.4 Å². The summed E-state index contributed by atoms with van der Waals surface area (Å²) in [5, 5.41) is 13.1. The Bertz CT molecular complexity index is 476. The van der Waals surface area contributed by atoms with E-state index in [4.69, 9.17) is 0 Å². The lowest BCUT2D eigenvalue weighted by molar-refractivity contribution is -0.137. The van der Waals surface area contributed by atoms with Crippen LogP contribution >= 0.6 is 11.8 Å². The molecule has 0 aromatic heterocycles. The summed E-state index contributed by atoms with van der Waals surface area (Å²) in [5.74, 6) is 1.12. The van der Waals surface area contributed by atoms with Gasteiger partial charge in [-0.15, -0.1) is 0 Å². The molecule has 1 aromatic rings. The minimum atomic E-state index is -1.17. The molecule has 110 valence electrons. The lowest BCUT2D eigenvalue weighted by Crippen LogP contribution is -2.49. The molecule has 1 aromatic carbocycles. The van der Waals surface area contributed by atoms with Crippen LogP contribution in [-0.4, -0.2) is 34.7 Å². The summed E-state index contributed by atoms with van der Waals surface area (Å²) in [6, 6.07) is 8.36. The van der Waals surface area contributed by atoms with Crippen molar-refractivity contribution in [2.45, 2.75) is 38.2 Å². The van der Waals surface area contributed by atoms with E-state index in [2.05, 4.69) is 50.4 Å². The van der Waals surface area contributed by atoms with Crippen LogP contribution in [0.25, 0.3) is 0 Å². The van der Waals surface area contributed by atoms with Crippen molar-refractivity contribution in [2.75, 3.05) is 18.1 Å². The van der Waals surface area contributed by atoms with Crippen molar-refractivity contribution in [2.24, 2.45) is 0 Å². The molecule has 1 unspecified atom stereocenters. The molecule has 0 bridgehead atoms. The fourth-order valence-corrected chi connectivity index (χ4v) is 3.55. The van der Waals surface area contributed by atoms with Gasteiger partial charge in [0.2, 0.25) is 0 Å². The number of rotatable bonds is 4. The average Bonchev–Trinajstić information content (AvgIpc) is 2.85. The molecule has 0 saturated carbocycles. The van der Waals surface area contributed by atoms with Crippen LogP contribution in [0.2, 0.25) is 0 Å². The van der Waals surface area contributed by atoms with Crippen LogP contribution in [0, 0.1) is 6.92 Å². The Labute approximate surface area is 125 Å². The van der Waals surface area contributed by atoms with Crippen molar-refractivity contribution in [3.8, 4) is 0 Å². The lowest BCUT2D eigenvalue weighted by atomic mass is 9.84. The number of hydrogen-bond acceptors (Lipinski definition) is 3. The van der Waals surface area contributed by atoms with Gasteiger partial charge in [0.05, 0.1) is 0 Å². The number of benzene rings is 1. The number of aryl methyl sites for hydroxylation is 1. The molecule has 20 heavy (non-hydrogen) atoms. The van der Waals surface area contributed by atoms with Crippen LogP contribution in [0.5, 0.6) is 0 Å². The zero-order chi connectivity index (χ0) is 14.8. The first-order valence-corrected chi connectivity index (χ1v) is 8.15.